The molecule has 17 heavy (non-hydrogen) atoms. The summed E-state index contributed by atoms with van der Waals surface area (Å²) in [6.45, 7) is 0.408. The van der Waals surface area contributed by atoms with Crippen LogP contribution in [0.4, 0.5) is 0 Å². The number of methoxy groups -OCH3 is 1. The average Bonchev–Trinajstić information content (AvgIpc) is 2.29. The van der Waals surface area contributed by atoms with Crippen molar-refractivity contribution < 1.29 is 4.74 Å². The fraction of sp³-hybridized carbons (Fsp3) is 0.167. The molecule has 0 aliphatic rings. The fourth-order valence-electron chi connectivity index (χ4n) is 1.50. The summed E-state index contributed by atoms with van der Waals surface area (Å²) in [5.74, 6) is 0.713. The summed E-state index contributed by atoms with van der Waals surface area (Å²) in [6.07, 6.45) is 0. The van der Waals surface area contributed by atoms with Crippen LogP contribution in [0.5, 0.6) is 0 Å². The van der Waals surface area contributed by atoms with Crippen LogP contribution in [-0.2, 0) is 11.3 Å². The lowest BCUT2D eigenvalue weighted by molar-refractivity contribution is 0.177. The van der Waals surface area contributed by atoms with E-state index < -0.39 is 0 Å². The number of ether oxygens (including phenoxy) is 1. The van der Waals surface area contributed by atoms with Crippen LogP contribution < -0.4 is 0 Å². The van der Waals surface area contributed by atoms with Gasteiger partial charge in [-0.25, -0.2) is 4.98 Å². The molecule has 0 spiro atoms. The number of aromatic amines is 1. The van der Waals surface area contributed by atoms with Gasteiger partial charge in [0.05, 0.1) is 0 Å². The molecule has 1 N–H and O–H groups in total. The minimum absolute atomic E-state index is 0.408. The Morgan fingerprint density at radius 3 is 2.71 bits per heavy atom. The van der Waals surface area contributed by atoms with Crippen LogP contribution in [0, 0.1) is 4.64 Å². The van der Waals surface area contributed by atoms with Crippen molar-refractivity contribution in [1.29, 1.82) is 0 Å². The van der Waals surface area contributed by atoms with Crippen molar-refractivity contribution in [3.05, 3.63) is 45.8 Å². The van der Waals surface area contributed by atoms with Crippen molar-refractivity contribution in [2.24, 2.45) is 0 Å². The van der Waals surface area contributed by atoms with Crippen LogP contribution in [0.15, 0.2) is 30.3 Å². The second kappa shape index (κ2) is 5.40. The maximum absolute atomic E-state index is 5.85. The number of hydrogen-bond donors (Lipinski definition) is 1. The van der Waals surface area contributed by atoms with Crippen molar-refractivity contribution in [1.82, 2.24) is 9.97 Å². The van der Waals surface area contributed by atoms with Gasteiger partial charge >= 0.3 is 0 Å². The molecule has 0 saturated heterocycles. The summed E-state index contributed by atoms with van der Waals surface area (Å²) >= 11 is 11.0. The summed E-state index contributed by atoms with van der Waals surface area (Å²) < 4.78 is 5.57. The van der Waals surface area contributed by atoms with Crippen molar-refractivity contribution >= 4 is 23.8 Å². The number of halogens is 1. The van der Waals surface area contributed by atoms with E-state index in [1.54, 1.807) is 7.11 Å². The van der Waals surface area contributed by atoms with Gasteiger partial charge in [-0.05, 0) is 23.8 Å². The molecule has 1 aromatic heterocycles. The molecule has 0 atom stereocenters. The van der Waals surface area contributed by atoms with Gasteiger partial charge in [-0.1, -0.05) is 36.0 Å². The van der Waals surface area contributed by atoms with Crippen LogP contribution in [0.25, 0.3) is 11.3 Å². The van der Waals surface area contributed by atoms with E-state index in [1.165, 1.54) is 0 Å². The molecule has 2 rings (SSSR count). The third-order valence-corrected chi connectivity index (χ3v) is 2.69. The Kier molecular flexibility index (Phi) is 3.89. The molecule has 0 amide bonds. The van der Waals surface area contributed by atoms with Gasteiger partial charge in [0.25, 0.3) is 0 Å². The number of benzene rings is 1. The number of nitrogens with one attached hydrogen (secondary N) is 1. The maximum atomic E-state index is 5.85. The van der Waals surface area contributed by atoms with E-state index >= 15 is 0 Å². The molecular weight excluding hydrogens is 256 g/mol. The van der Waals surface area contributed by atoms with Crippen molar-refractivity contribution in [2.45, 2.75) is 6.61 Å². The molecule has 1 aromatic carbocycles. The largest absolute Gasteiger partial charge is 0.377 e. The highest BCUT2D eigenvalue weighted by Crippen LogP contribution is 2.19. The third kappa shape index (κ3) is 3.12. The Bertz CT molecular complexity index is 565. The Morgan fingerprint density at radius 2 is 2.06 bits per heavy atom. The number of nitrogens with zero attached hydrogens (tertiary/aromatic N) is 1. The molecule has 2 aromatic rings. The second-order valence-corrected chi connectivity index (χ2v) is 4.37. The van der Waals surface area contributed by atoms with E-state index in [1.807, 2.05) is 30.3 Å². The van der Waals surface area contributed by atoms with Gasteiger partial charge in [-0.2, -0.15) is 0 Å². The Hall–Kier alpha value is -1.23. The van der Waals surface area contributed by atoms with Gasteiger partial charge in [0.15, 0.2) is 0 Å². The molecule has 0 fully saturated rings. The summed E-state index contributed by atoms with van der Waals surface area (Å²) in [6, 6.07) is 9.35. The molecule has 5 heteroatoms. The van der Waals surface area contributed by atoms with E-state index in [9.17, 15) is 0 Å². The zero-order valence-electron chi connectivity index (χ0n) is 9.24. The van der Waals surface area contributed by atoms with Gasteiger partial charge in [0, 0.05) is 17.8 Å². The molecule has 0 aliphatic carbocycles. The predicted octanol–water partition coefficient (Wildman–Crippen LogP) is 3.61. The predicted molar refractivity (Wildman–Crippen MR) is 70.6 cm³/mol. The topological polar surface area (TPSA) is 37.9 Å². The lowest BCUT2D eigenvalue weighted by Crippen LogP contribution is -1.98. The zero-order valence-corrected chi connectivity index (χ0v) is 10.8. The van der Waals surface area contributed by atoms with Crippen LogP contribution in [0.1, 0.15) is 5.82 Å². The quantitative estimate of drug-likeness (QED) is 0.863. The van der Waals surface area contributed by atoms with Gasteiger partial charge in [-0.3, -0.25) is 0 Å². The minimum atomic E-state index is 0.408. The Balaban J connectivity index is 2.44. The Morgan fingerprint density at radius 1 is 1.35 bits per heavy atom. The van der Waals surface area contributed by atoms with E-state index in [2.05, 4.69) is 9.97 Å². The highest BCUT2D eigenvalue weighted by Gasteiger charge is 2.01. The number of aromatic nitrogens is 2. The first-order chi connectivity index (χ1) is 8.19. The Labute approximate surface area is 109 Å². The van der Waals surface area contributed by atoms with Crippen LogP contribution in [0.3, 0.4) is 0 Å². The van der Waals surface area contributed by atoms with Gasteiger partial charge in [0.2, 0.25) is 0 Å². The van der Waals surface area contributed by atoms with E-state index in [-0.39, 0.29) is 0 Å². The number of rotatable bonds is 3. The standard InChI is InChI=1S/C12H11ClN2OS/c1-16-7-11-14-10(6-12(17)15-11)8-2-4-9(13)5-3-8/h2-6H,7H2,1H3,(H,14,15,17). The molecule has 88 valence electrons. The van der Waals surface area contributed by atoms with Crippen LogP contribution in [0.2, 0.25) is 5.02 Å². The van der Waals surface area contributed by atoms with Crippen LogP contribution in [-0.4, -0.2) is 17.1 Å². The van der Waals surface area contributed by atoms with Crippen molar-refractivity contribution in [2.75, 3.05) is 7.11 Å². The molecule has 0 unspecified atom stereocenters. The summed E-state index contributed by atoms with van der Waals surface area (Å²) in [5.41, 5.74) is 1.92. The normalized spacial score (nSPS) is 10.5. The van der Waals surface area contributed by atoms with Gasteiger partial charge in [0.1, 0.15) is 17.1 Å². The fourth-order valence-corrected chi connectivity index (χ4v) is 1.85. The number of hydrogen-bond acceptors (Lipinski definition) is 3. The zero-order chi connectivity index (χ0) is 12.3. The smallest absolute Gasteiger partial charge is 0.134 e. The molecule has 0 aliphatic heterocycles. The van der Waals surface area contributed by atoms with E-state index in [4.69, 9.17) is 28.6 Å². The summed E-state index contributed by atoms with van der Waals surface area (Å²) in [7, 11) is 1.62. The lowest BCUT2D eigenvalue weighted by atomic mass is 10.1. The van der Waals surface area contributed by atoms with Crippen LogP contribution >= 0.6 is 23.8 Å². The van der Waals surface area contributed by atoms with Gasteiger partial charge < -0.3 is 9.72 Å². The molecule has 1 heterocycles. The summed E-state index contributed by atoms with van der Waals surface area (Å²) in [4.78, 5) is 7.35. The third-order valence-electron chi connectivity index (χ3n) is 2.23. The van der Waals surface area contributed by atoms with Crippen molar-refractivity contribution in [3.8, 4) is 11.3 Å². The van der Waals surface area contributed by atoms with E-state index in [0.29, 0.717) is 22.1 Å². The first-order valence-corrected chi connectivity index (χ1v) is 5.83. The van der Waals surface area contributed by atoms with Gasteiger partial charge in [-0.15, -0.1) is 0 Å². The monoisotopic (exact) mass is 266 g/mol. The maximum Gasteiger partial charge on any atom is 0.134 e. The van der Waals surface area contributed by atoms with E-state index in [0.717, 1.165) is 11.3 Å². The first-order valence-electron chi connectivity index (χ1n) is 5.04. The SMILES string of the molecule is COCc1nc(=S)cc(-c2ccc(Cl)cc2)[nH]1. The lowest BCUT2D eigenvalue weighted by Gasteiger charge is -2.05. The average molecular weight is 267 g/mol. The number of H-pyrrole nitrogens is 1. The summed E-state index contributed by atoms with van der Waals surface area (Å²) in [5, 5.41) is 0.707. The molecule has 0 radical (unpaired) electrons. The van der Waals surface area contributed by atoms with Crippen molar-refractivity contribution in [3.63, 3.8) is 0 Å². The second-order valence-electron chi connectivity index (χ2n) is 3.52. The minimum Gasteiger partial charge on any atom is -0.377 e. The molecule has 0 saturated carbocycles. The highest BCUT2D eigenvalue weighted by atomic mass is 35.5. The highest BCUT2D eigenvalue weighted by molar-refractivity contribution is 7.71. The molecular formula is C12H11ClN2OS. The first kappa shape index (κ1) is 12.2. The molecule has 3 nitrogen and oxygen atoms in total. The molecule has 0 bridgehead atoms.